The van der Waals surface area contributed by atoms with Crippen LogP contribution in [0.15, 0.2) is 71.6 Å². The van der Waals surface area contributed by atoms with Crippen molar-refractivity contribution in [1.82, 2.24) is 4.98 Å². The third-order valence-corrected chi connectivity index (χ3v) is 7.08. The van der Waals surface area contributed by atoms with E-state index >= 15 is 0 Å². The predicted molar refractivity (Wildman–Crippen MR) is 123 cm³/mol. The molecule has 0 spiro atoms. The number of fused-ring (bicyclic) bond motifs is 1. The second kappa shape index (κ2) is 8.37. The van der Waals surface area contributed by atoms with Crippen LogP contribution in [-0.2, 0) is 10.0 Å². The SMILES string of the molecule is COc1ccc(C)c2sc(NC(=O)c3cccc(NS(=O)(=O)c4ccccc4)c3)nc12. The lowest BCUT2D eigenvalue weighted by molar-refractivity contribution is 0.102. The number of hydrogen-bond donors (Lipinski definition) is 2. The summed E-state index contributed by atoms with van der Waals surface area (Å²) >= 11 is 1.35. The molecule has 0 fully saturated rings. The van der Waals surface area contributed by atoms with Gasteiger partial charge in [-0.3, -0.25) is 14.8 Å². The van der Waals surface area contributed by atoms with Gasteiger partial charge in [0.1, 0.15) is 11.3 Å². The lowest BCUT2D eigenvalue weighted by Crippen LogP contribution is -2.15. The predicted octanol–water partition coefficient (Wildman–Crippen LogP) is 4.67. The molecule has 2 N–H and O–H groups in total. The standard InChI is InChI=1S/C22H19N3O4S2/c1-14-11-12-18(29-2)19-20(14)30-22(23-19)24-21(26)15-7-6-8-16(13-15)25-31(27,28)17-9-4-3-5-10-17/h3-13,25H,1-2H3,(H,23,24,26). The molecular formula is C22H19N3O4S2. The first-order valence-corrected chi connectivity index (χ1v) is 11.6. The Morgan fingerprint density at radius 2 is 1.81 bits per heavy atom. The van der Waals surface area contributed by atoms with E-state index in [1.165, 1.54) is 29.5 Å². The van der Waals surface area contributed by atoms with Gasteiger partial charge in [-0.2, -0.15) is 0 Å². The molecule has 31 heavy (non-hydrogen) atoms. The first-order chi connectivity index (χ1) is 14.9. The molecule has 0 unspecified atom stereocenters. The van der Waals surface area contributed by atoms with Crippen LogP contribution in [0.1, 0.15) is 15.9 Å². The molecule has 4 aromatic rings. The molecule has 1 heterocycles. The molecule has 1 amide bonds. The number of hydrogen-bond acceptors (Lipinski definition) is 6. The van der Waals surface area contributed by atoms with Gasteiger partial charge in [0.2, 0.25) is 0 Å². The molecule has 0 saturated heterocycles. The van der Waals surface area contributed by atoms with Crippen LogP contribution in [0.3, 0.4) is 0 Å². The van der Waals surface area contributed by atoms with Gasteiger partial charge in [0.15, 0.2) is 5.13 Å². The maximum Gasteiger partial charge on any atom is 0.261 e. The lowest BCUT2D eigenvalue weighted by Gasteiger charge is -2.09. The fourth-order valence-electron chi connectivity index (χ4n) is 3.03. The van der Waals surface area contributed by atoms with E-state index < -0.39 is 15.9 Å². The Balaban J connectivity index is 1.56. The van der Waals surface area contributed by atoms with Crippen LogP contribution in [0, 0.1) is 6.92 Å². The fraction of sp³-hybridized carbons (Fsp3) is 0.0909. The maximum absolute atomic E-state index is 12.8. The highest BCUT2D eigenvalue weighted by atomic mass is 32.2. The Bertz CT molecular complexity index is 1370. The van der Waals surface area contributed by atoms with Crippen LogP contribution in [-0.4, -0.2) is 26.4 Å². The van der Waals surface area contributed by atoms with E-state index in [2.05, 4.69) is 15.0 Å². The number of sulfonamides is 1. The van der Waals surface area contributed by atoms with Gasteiger partial charge < -0.3 is 4.74 Å². The van der Waals surface area contributed by atoms with Gasteiger partial charge in [0, 0.05) is 11.3 Å². The molecule has 0 aliphatic rings. The van der Waals surface area contributed by atoms with E-state index in [-0.39, 0.29) is 4.90 Å². The molecular weight excluding hydrogens is 434 g/mol. The zero-order valence-corrected chi connectivity index (χ0v) is 18.4. The second-order valence-electron chi connectivity index (χ2n) is 6.73. The zero-order valence-electron chi connectivity index (χ0n) is 16.7. The maximum atomic E-state index is 12.8. The monoisotopic (exact) mass is 453 g/mol. The van der Waals surface area contributed by atoms with Crippen LogP contribution in [0.5, 0.6) is 5.75 Å². The van der Waals surface area contributed by atoms with E-state index in [1.807, 2.05) is 19.1 Å². The molecule has 0 saturated carbocycles. The number of thiazole rings is 1. The van der Waals surface area contributed by atoms with Gasteiger partial charge in [0.25, 0.3) is 15.9 Å². The fourth-order valence-corrected chi connectivity index (χ4v) is 5.05. The van der Waals surface area contributed by atoms with Crippen molar-refractivity contribution in [2.24, 2.45) is 0 Å². The molecule has 158 valence electrons. The van der Waals surface area contributed by atoms with Gasteiger partial charge in [-0.25, -0.2) is 13.4 Å². The van der Waals surface area contributed by atoms with Crippen molar-refractivity contribution in [3.63, 3.8) is 0 Å². The molecule has 0 radical (unpaired) electrons. The van der Waals surface area contributed by atoms with Gasteiger partial charge in [-0.15, -0.1) is 0 Å². The van der Waals surface area contributed by atoms with Gasteiger partial charge in [-0.1, -0.05) is 41.7 Å². The Labute approximate surface area is 183 Å². The lowest BCUT2D eigenvalue weighted by atomic mass is 10.2. The number of rotatable bonds is 6. The Morgan fingerprint density at radius 3 is 2.55 bits per heavy atom. The quantitative estimate of drug-likeness (QED) is 0.442. The van der Waals surface area contributed by atoms with Crippen molar-refractivity contribution < 1.29 is 17.9 Å². The largest absolute Gasteiger partial charge is 0.494 e. The van der Waals surface area contributed by atoms with Crippen LogP contribution in [0.25, 0.3) is 10.2 Å². The normalized spacial score (nSPS) is 11.3. The van der Waals surface area contributed by atoms with Crippen LogP contribution >= 0.6 is 11.3 Å². The number of nitrogens with zero attached hydrogens (tertiary/aromatic N) is 1. The second-order valence-corrected chi connectivity index (χ2v) is 9.42. The summed E-state index contributed by atoms with van der Waals surface area (Å²) < 4.78 is 33.8. The summed E-state index contributed by atoms with van der Waals surface area (Å²) in [5.41, 5.74) is 2.31. The molecule has 0 atom stereocenters. The Morgan fingerprint density at radius 1 is 1.03 bits per heavy atom. The van der Waals surface area contributed by atoms with Crippen LogP contribution in [0.2, 0.25) is 0 Å². The number of ether oxygens (including phenoxy) is 1. The molecule has 0 aliphatic heterocycles. The Kier molecular flexibility index (Phi) is 5.62. The van der Waals surface area contributed by atoms with Gasteiger partial charge in [0.05, 0.1) is 16.7 Å². The van der Waals surface area contributed by atoms with E-state index in [4.69, 9.17) is 4.74 Å². The number of benzene rings is 3. The number of carbonyl (C=O) groups excluding carboxylic acids is 1. The summed E-state index contributed by atoms with van der Waals surface area (Å²) in [6.45, 7) is 1.97. The minimum Gasteiger partial charge on any atom is -0.494 e. The minimum absolute atomic E-state index is 0.142. The number of amides is 1. The van der Waals surface area contributed by atoms with Gasteiger partial charge >= 0.3 is 0 Å². The summed E-state index contributed by atoms with van der Waals surface area (Å²) in [6, 6.07) is 18.1. The van der Waals surface area contributed by atoms with E-state index in [1.54, 1.807) is 43.5 Å². The third kappa shape index (κ3) is 4.37. The van der Waals surface area contributed by atoms with Crippen molar-refractivity contribution in [2.75, 3.05) is 17.1 Å². The first-order valence-electron chi connectivity index (χ1n) is 9.31. The van der Waals surface area contributed by atoms with Crippen molar-refractivity contribution in [1.29, 1.82) is 0 Å². The summed E-state index contributed by atoms with van der Waals surface area (Å²) in [5, 5.41) is 3.22. The number of aromatic nitrogens is 1. The average Bonchev–Trinajstić information content (AvgIpc) is 3.19. The highest BCUT2D eigenvalue weighted by molar-refractivity contribution is 7.92. The smallest absolute Gasteiger partial charge is 0.261 e. The molecule has 0 bridgehead atoms. The van der Waals surface area contributed by atoms with E-state index in [0.29, 0.717) is 27.6 Å². The molecule has 1 aromatic heterocycles. The summed E-state index contributed by atoms with van der Waals surface area (Å²) in [6.07, 6.45) is 0. The molecule has 4 rings (SSSR count). The summed E-state index contributed by atoms with van der Waals surface area (Å²) in [4.78, 5) is 17.4. The van der Waals surface area contributed by atoms with E-state index in [0.717, 1.165) is 10.3 Å². The molecule has 3 aromatic carbocycles. The Hall–Kier alpha value is -3.43. The first kappa shape index (κ1) is 20.8. The highest BCUT2D eigenvalue weighted by Gasteiger charge is 2.16. The van der Waals surface area contributed by atoms with Crippen LogP contribution in [0.4, 0.5) is 10.8 Å². The summed E-state index contributed by atoms with van der Waals surface area (Å²) in [5.74, 6) is 0.242. The number of anilines is 2. The van der Waals surface area contributed by atoms with Crippen molar-refractivity contribution in [3.05, 3.63) is 77.9 Å². The van der Waals surface area contributed by atoms with Crippen molar-refractivity contribution >= 4 is 48.3 Å². The van der Waals surface area contributed by atoms with Crippen LogP contribution < -0.4 is 14.8 Å². The minimum atomic E-state index is -3.75. The molecule has 7 nitrogen and oxygen atoms in total. The van der Waals surface area contributed by atoms with Crippen molar-refractivity contribution in [3.8, 4) is 5.75 Å². The number of methoxy groups -OCH3 is 1. The van der Waals surface area contributed by atoms with Gasteiger partial charge in [-0.05, 0) is 48.9 Å². The zero-order chi connectivity index (χ0) is 22.0. The number of nitrogens with one attached hydrogen (secondary N) is 2. The average molecular weight is 454 g/mol. The third-order valence-electron chi connectivity index (χ3n) is 4.57. The number of carbonyl (C=O) groups is 1. The topological polar surface area (TPSA) is 97.4 Å². The summed E-state index contributed by atoms with van der Waals surface area (Å²) in [7, 11) is -2.18. The molecule has 0 aliphatic carbocycles. The molecule has 9 heteroatoms. The van der Waals surface area contributed by atoms with E-state index in [9.17, 15) is 13.2 Å². The number of aryl methyl sites for hydroxylation is 1. The van der Waals surface area contributed by atoms with Crippen molar-refractivity contribution in [2.45, 2.75) is 11.8 Å². The highest BCUT2D eigenvalue weighted by Crippen LogP contribution is 2.34.